The summed E-state index contributed by atoms with van der Waals surface area (Å²) in [6, 6.07) is 27.8. The molecule has 0 bridgehead atoms. The first-order chi connectivity index (χ1) is 14.8. The van der Waals surface area contributed by atoms with Crippen LogP contribution in [0.1, 0.15) is 47.7 Å². The third-order valence-corrected chi connectivity index (χ3v) is 6.03. The molecule has 1 saturated heterocycles. The molecule has 1 fully saturated rings. The second-order valence-electron chi connectivity index (χ2n) is 8.23. The van der Waals surface area contributed by atoms with Gasteiger partial charge in [-0.25, -0.2) is 9.97 Å². The molecule has 3 nitrogen and oxygen atoms in total. The smallest absolute Gasteiger partial charge is 0.143 e. The summed E-state index contributed by atoms with van der Waals surface area (Å²) >= 11 is 0. The topological polar surface area (TPSA) is 29.0 Å². The van der Waals surface area contributed by atoms with E-state index in [1.807, 2.05) is 0 Å². The van der Waals surface area contributed by atoms with Crippen molar-refractivity contribution in [2.24, 2.45) is 0 Å². The van der Waals surface area contributed by atoms with Crippen LogP contribution in [0.4, 0.5) is 5.82 Å². The minimum atomic E-state index is 0.0154. The highest BCUT2D eigenvalue weighted by molar-refractivity contribution is 5.90. The first kappa shape index (κ1) is 18.8. The number of aromatic nitrogens is 2. The second-order valence-corrected chi connectivity index (χ2v) is 8.23. The SMILES string of the molecule is Cc1ccc2nc(C(c3ccccc3)c3ccccc3)nc(N3CCCCC3)c2c1. The van der Waals surface area contributed by atoms with Gasteiger partial charge in [-0.1, -0.05) is 72.3 Å². The van der Waals surface area contributed by atoms with E-state index in [0.29, 0.717) is 0 Å². The predicted molar refractivity (Wildman–Crippen MR) is 124 cm³/mol. The molecule has 1 aliphatic heterocycles. The number of fused-ring (bicyclic) bond motifs is 1. The van der Waals surface area contributed by atoms with E-state index in [9.17, 15) is 0 Å². The predicted octanol–water partition coefficient (Wildman–Crippen LogP) is 6.11. The summed E-state index contributed by atoms with van der Waals surface area (Å²) in [6.45, 7) is 4.28. The van der Waals surface area contributed by atoms with Gasteiger partial charge in [0, 0.05) is 18.5 Å². The number of benzene rings is 3. The Morgan fingerprint density at radius 3 is 2.00 bits per heavy atom. The molecule has 1 aliphatic rings. The third kappa shape index (κ3) is 3.68. The highest BCUT2D eigenvalue weighted by atomic mass is 15.2. The molecule has 0 atom stereocenters. The zero-order valence-electron chi connectivity index (χ0n) is 17.5. The average molecular weight is 394 g/mol. The molecule has 2 heterocycles. The molecule has 0 spiro atoms. The summed E-state index contributed by atoms with van der Waals surface area (Å²) in [4.78, 5) is 12.8. The number of nitrogens with zero attached hydrogens (tertiary/aromatic N) is 3. The van der Waals surface area contributed by atoms with Crippen LogP contribution in [0, 0.1) is 6.92 Å². The van der Waals surface area contributed by atoms with Crippen molar-refractivity contribution < 1.29 is 0 Å². The highest BCUT2D eigenvalue weighted by Gasteiger charge is 2.23. The molecule has 3 aromatic carbocycles. The summed E-state index contributed by atoms with van der Waals surface area (Å²) in [7, 11) is 0. The van der Waals surface area contributed by atoms with Gasteiger partial charge in [-0.15, -0.1) is 0 Å². The Morgan fingerprint density at radius 2 is 1.37 bits per heavy atom. The lowest BCUT2D eigenvalue weighted by molar-refractivity contribution is 0.573. The minimum absolute atomic E-state index is 0.0154. The van der Waals surface area contributed by atoms with Gasteiger partial charge < -0.3 is 4.90 Å². The highest BCUT2D eigenvalue weighted by Crippen LogP contribution is 2.34. The summed E-state index contributed by atoms with van der Waals surface area (Å²) in [6.07, 6.45) is 3.77. The molecule has 4 aromatic rings. The lowest BCUT2D eigenvalue weighted by atomic mass is 9.90. The van der Waals surface area contributed by atoms with E-state index in [1.165, 1.54) is 41.3 Å². The number of anilines is 1. The summed E-state index contributed by atoms with van der Waals surface area (Å²) < 4.78 is 0. The van der Waals surface area contributed by atoms with Gasteiger partial charge in [-0.3, -0.25) is 0 Å². The van der Waals surface area contributed by atoms with Crippen molar-refractivity contribution >= 4 is 16.7 Å². The van der Waals surface area contributed by atoms with Crippen LogP contribution in [0.2, 0.25) is 0 Å². The first-order valence-electron chi connectivity index (χ1n) is 10.9. The van der Waals surface area contributed by atoms with Crippen molar-refractivity contribution in [3.05, 3.63) is 101 Å². The minimum Gasteiger partial charge on any atom is -0.356 e. The van der Waals surface area contributed by atoms with Crippen LogP contribution in [0.25, 0.3) is 10.9 Å². The molecular formula is C27H27N3. The Hall–Kier alpha value is -3.20. The van der Waals surface area contributed by atoms with E-state index >= 15 is 0 Å². The monoisotopic (exact) mass is 393 g/mol. The molecule has 0 saturated carbocycles. The van der Waals surface area contributed by atoms with Crippen LogP contribution in [-0.4, -0.2) is 23.1 Å². The molecule has 3 heteroatoms. The molecule has 0 N–H and O–H groups in total. The molecule has 30 heavy (non-hydrogen) atoms. The van der Waals surface area contributed by atoms with Crippen molar-refractivity contribution in [2.75, 3.05) is 18.0 Å². The Balaban J connectivity index is 1.72. The Labute approximate surface area is 178 Å². The fourth-order valence-corrected chi connectivity index (χ4v) is 4.50. The van der Waals surface area contributed by atoms with Crippen LogP contribution in [0.5, 0.6) is 0 Å². The van der Waals surface area contributed by atoms with Gasteiger partial charge in [0.05, 0.1) is 11.4 Å². The zero-order chi connectivity index (χ0) is 20.3. The molecule has 0 amide bonds. The average Bonchev–Trinajstić information content (AvgIpc) is 2.81. The maximum atomic E-state index is 5.23. The second kappa shape index (κ2) is 8.27. The molecule has 0 radical (unpaired) electrons. The normalized spacial score (nSPS) is 14.4. The number of rotatable bonds is 4. The number of hydrogen-bond acceptors (Lipinski definition) is 3. The maximum Gasteiger partial charge on any atom is 0.143 e. The molecule has 1 aromatic heterocycles. The molecular weight excluding hydrogens is 366 g/mol. The Morgan fingerprint density at radius 1 is 0.733 bits per heavy atom. The molecule has 0 aliphatic carbocycles. The number of aryl methyl sites for hydroxylation is 1. The van der Waals surface area contributed by atoms with E-state index in [0.717, 1.165) is 30.2 Å². The van der Waals surface area contributed by atoms with E-state index in [2.05, 4.69) is 90.7 Å². The fraction of sp³-hybridized carbons (Fsp3) is 0.259. The van der Waals surface area contributed by atoms with Gasteiger partial charge >= 0.3 is 0 Å². The molecule has 150 valence electrons. The van der Waals surface area contributed by atoms with Gasteiger partial charge in [0.25, 0.3) is 0 Å². The van der Waals surface area contributed by atoms with E-state index in [4.69, 9.17) is 9.97 Å². The van der Waals surface area contributed by atoms with Crippen LogP contribution >= 0.6 is 0 Å². The van der Waals surface area contributed by atoms with Crippen molar-refractivity contribution in [2.45, 2.75) is 32.1 Å². The number of hydrogen-bond donors (Lipinski definition) is 0. The van der Waals surface area contributed by atoms with Gasteiger partial charge in [-0.05, 0) is 49.4 Å². The van der Waals surface area contributed by atoms with Crippen LogP contribution in [-0.2, 0) is 0 Å². The van der Waals surface area contributed by atoms with Crippen LogP contribution in [0.15, 0.2) is 78.9 Å². The summed E-state index contributed by atoms with van der Waals surface area (Å²) in [5, 5.41) is 1.17. The number of piperidine rings is 1. The van der Waals surface area contributed by atoms with Crippen molar-refractivity contribution in [1.82, 2.24) is 9.97 Å². The van der Waals surface area contributed by atoms with Crippen LogP contribution < -0.4 is 4.90 Å². The Bertz CT molecular complexity index is 1090. The first-order valence-corrected chi connectivity index (χ1v) is 10.9. The van der Waals surface area contributed by atoms with Crippen LogP contribution in [0.3, 0.4) is 0 Å². The van der Waals surface area contributed by atoms with E-state index in [-0.39, 0.29) is 5.92 Å². The van der Waals surface area contributed by atoms with E-state index in [1.54, 1.807) is 0 Å². The zero-order valence-corrected chi connectivity index (χ0v) is 17.5. The Kier molecular flexibility index (Phi) is 5.18. The van der Waals surface area contributed by atoms with Crippen molar-refractivity contribution in [3.8, 4) is 0 Å². The molecule has 0 unspecified atom stereocenters. The summed E-state index contributed by atoms with van der Waals surface area (Å²) in [5.41, 5.74) is 4.72. The standard InChI is InChI=1S/C27H27N3/c1-20-15-16-24-23(19-20)27(30-17-9-4-10-18-30)29-26(28-24)25(21-11-5-2-6-12-21)22-13-7-3-8-14-22/h2-3,5-8,11-16,19,25H,4,9-10,17-18H2,1H3. The lowest BCUT2D eigenvalue weighted by Crippen LogP contribution is -2.31. The fourth-order valence-electron chi connectivity index (χ4n) is 4.50. The molecule has 5 rings (SSSR count). The third-order valence-electron chi connectivity index (χ3n) is 6.03. The van der Waals surface area contributed by atoms with Gasteiger partial charge in [0.15, 0.2) is 0 Å². The van der Waals surface area contributed by atoms with Gasteiger partial charge in [0.2, 0.25) is 0 Å². The van der Waals surface area contributed by atoms with Crippen molar-refractivity contribution in [1.29, 1.82) is 0 Å². The van der Waals surface area contributed by atoms with Gasteiger partial charge in [-0.2, -0.15) is 0 Å². The van der Waals surface area contributed by atoms with E-state index < -0.39 is 0 Å². The maximum absolute atomic E-state index is 5.23. The lowest BCUT2D eigenvalue weighted by Gasteiger charge is -2.29. The van der Waals surface area contributed by atoms with Crippen molar-refractivity contribution in [3.63, 3.8) is 0 Å². The quantitative estimate of drug-likeness (QED) is 0.419. The van der Waals surface area contributed by atoms with Gasteiger partial charge in [0.1, 0.15) is 11.6 Å². The largest absolute Gasteiger partial charge is 0.356 e. The summed E-state index contributed by atoms with van der Waals surface area (Å²) in [5.74, 6) is 1.99.